The number of ether oxygens (including phenoxy) is 1. The van der Waals surface area contributed by atoms with Crippen LogP contribution in [0.1, 0.15) is 0 Å². The molecule has 0 radical (unpaired) electrons. The molecule has 0 saturated heterocycles. The molecule has 0 bridgehead atoms. The highest BCUT2D eigenvalue weighted by Gasteiger charge is 2.18. The molecule has 0 aliphatic carbocycles. The van der Waals surface area contributed by atoms with E-state index in [1.165, 1.54) is 19.2 Å². The van der Waals surface area contributed by atoms with Gasteiger partial charge in [-0.1, -0.05) is 18.2 Å². The van der Waals surface area contributed by atoms with Crippen LogP contribution in [0, 0.1) is 0 Å². The number of amides is 1. The third kappa shape index (κ3) is 4.54. The molecule has 1 aromatic carbocycles. The molecule has 1 aromatic rings. The van der Waals surface area contributed by atoms with E-state index >= 15 is 0 Å². The van der Waals surface area contributed by atoms with Crippen molar-refractivity contribution in [2.24, 2.45) is 0 Å². The van der Waals surface area contributed by atoms with Gasteiger partial charge in [-0.15, -0.1) is 0 Å². The second kappa shape index (κ2) is 6.36. The van der Waals surface area contributed by atoms with Crippen LogP contribution < -0.4 is 5.32 Å². The van der Waals surface area contributed by atoms with Crippen molar-refractivity contribution in [2.45, 2.75) is 4.90 Å². The molecule has 5 nitrogen and oxygen atoms in total. The molecule has 1 amide bonds. The summed E-state index contributed by atoms with van der Waals surface area (Å²) in [5.41, 5.74) is 0. The van der Waals surface area contributed by atoms with Crippen molar-refractivity contribution in [1.82, 2.24) is 5.32 Å². The third-order valence-electron chi connectivity index (χ3n) is 2.05. The number of nitrogens with one attached hydrogen (secondary N) is 1. The average Bonchev–Trinajstić information content (AvgIpc) is 2.30. The molecular formula is C11H15NO4S. The van der Waals surface area contributed by atoms with Crippen LogP contribution in [0.15, 0.2) is 35.2 Å². The molecule has 0 saturated carbocycles. The van der Waals surface area contributed by atoms with E-state index in [0.29, 0.717) is 13.2 Å². The number of benzene rings is 1. The molecule has 0 atom stereocenters. The first-order valence-electron chi connectivity index (χ1n) is 5.09. The minimum atomic E-state index is -3.55. The molecule has 0 heterocycles. The fraction of sp³-hybridized carbons (Fsp3) is 0.364. The number of hydrogen-bond acceptors (Lipinski definition) is 4. The standard InChI is InChI=1S/C11H15NO4S/c1-16-8-7-12-11(13)9-17(14,15)10-5-3-2-4-6-10/h2-6H,7-9H2,1H3,(H,12,13). The second-order valence-electron chi connectivity index (χ2n) is 3.41. The molecule has 0 aliphatic heterocycles. The molecule has 1 rings (SSSR count). The van der Waals surface area contributed by atoms with Crippen LogP contribution in [0.3, 0.4) is 0 Å². The molecule has 94 valence electrons. The maximum absolute atomic E-state index is 11.8. The van der Waals surface area contributed by atoms with Gasteiger partial charge in [0.05, 0.1) is 11.5 Å². The van der Waals surface area contributed by atoms with E-state index in [4.69, 9.17) is 4.74 Å². The van der Waals surface area contributed by atoms with Crippen LogP contribution >= 0.6 is 0 Å². The van der Waals surface area contributed by atoms with E-state index in [1.807, 2.05) is 0 Å². The summed E-state index contributed by atoms with van der Waals surface area (Å²) in [4.78, 5) is 11.5. The molecule has 0 aliphatic rings. The molecule has 17 heavy (non-hydrogen) atoms. The lowest BCUT2D eigenvalue weighted by Gasteiger charge is -2.05. The topological polar surface area (TPSA) is 72.5 Å². The van der Waals surface area contributed by atoms with Crippen LogP contribution in [0.4, 0.5) is 0 Å². The molecular weight excluding hydrogens is 242 g/mol. The summed E-state index contributed by atoms with van der Waals surface area (Å²) < 4.78 is 28.3. The fourth-order valence-corrected chi connectivity index (χ4v) is 2.41. The van der Waals surface area contributed by atoms with Crippen molar-refractivity contribution in [3.63, 3.8) is 0 Å². The predicted molar refractivity (Wildman–Crippen MR) is 63.4 cm³/mol. The first kappa shape index (κ1) is 13.7. The largest absolute Gasteiger partial charge is 0.383 e. The number of sulfone groups is 1. The Kier molecular flexibility index (Phi) is 5.11. The number of hydrogen-bond donors (Lipinski definition) is 1. The van der Waals surface area contributed by atoms with Gasteiger partial charge < -0.3 is 10.1 Å². The second-order valence-corrected chi connectivity index (χ2v) is 5.40. The van der Waals surface area contributed by atoms with Gasteiger partial charge in [-0.2, -0.15) is 0 Å². The lowest BCUT2D eigenvalue weighted by Crippen LogP contribution is -2.32. The minimum Gasteiger partial charge on any atom is -0.383 e. The van der Waals surface area contributed by atoms with Crippen molar-refractivity contribution in [2.75, 3.05) is 26.0 Å². The Labute approximate surface area is 101 Å². The van der Waals surface area contributed by atoms with Crippen molar-refractivity contribution >= 4 is 15.7 Å². The Hall–Kier alpha value is -1.40. The summed E-state index contributed by atoms with van der Waals surface area (Å²) in [6, 6.07) is 7.90. The first-order valence-corrected chi connectivity index (χ1v) is 6.75. The lowest BCUT2D eigenvalue weighted by atomic mass is 10.4. The molecule has 0 fully saturated rings. The van der Waals surface area contributed by atoms with Crippen LogP contribution in [-0.4, -0.2) is 40.3 Å². The Morgan fingerprint density at radius 2 is 1.94 bits per heavy atom. The van der Waals surface area contributed by atoms with Gasteiger partial charge in [0.25, 0.3) is 0 Å². The highest BCUT2D eigenvalue weighted by Crippen LogP contribution is 2.09. The summed E-state index contributed by atoms with van der Waals surface area (Å²) in [6.45, 7) is 0.663. The van der Waals surface area contributed by atoms with Crippen molar-refractivity contribution in [3.05, 3.63) is 30.3 Å². The maximum Gasteiger partial charge on any atom is 0.235 e. The number of rotatable bonds is 6. The maximum atomic E-state index is 11.8. The summed E-state index contributed by atoms with van der Waals surface area (Å²) >= 11 is 0. The number of methoxy groups -OCH3 is 1. The summed E-state index contributed by atoms with van der Waals surface area (Å²) in [7, 11) is -2.04. The molecule has 0 unspecified atom stereocenters. The summed E-state index contributed by atoms with van der Waals surface area (Å²) in [6.07, 6.45) is 0. The van der Waals surface area contributed by atoms with Crippen molar-refractivity contribution in [3.8, 4) is 0 Å². The van der Waals surface area contributed by atoms with Gasteiger partial charge in [-0.25, -0.2) is 8.42 Å². The van der Waals surface area contributed by atoms with E-state index in [0.717, 1.165) is 0 Å². The van der Waals surface area contributed by atoms with Gasteiger partial charge in [-0.3, -0.25) is 4.79 Å². The zero-order valence-electron chi connectivity index (χ0n) is 9.55. The van der Waals surface area contributed by atoms with Gasteiger partial charge in [0.15, 0.2) is 9.84 Å². The lowest BCUT2D eigenvalue weighted by molar-refractivity contribution is -0.118. The normalized spacial score (nSPS) is 11.1. The van der Waals surface area contributed by atoms with Crippen molar-refractivity contribution < 1.29 is 17.9 Å². The third-order valence-corrected chi connectivity index (χ3v) is 3.68. The smallest absolute Gasteiger partial charge is 0.235 e. The zero-order valence-corrected chi connectivity index (χ0v) is 10.4. The van der Waals surface area contributed by atoms with Gasteiger partial charge >= 0.3 is 0 Å². The summed E-state index contributed by atoms with van der Waals surface area (Å²) in [5.74, 6) is -1.06. The number of carbonyl (C=O) groups is 1. The quantitative estimate of drug-likeness (QED) is 0.740. The van der Waals surface area contributed by atoms with E-state index in [9.17, 15) is 13.2 Å². The summed E-state index contributed by atoms with van der Waals surface area (Å²) in [5, 5.41) is 2.47. The Morgan fingerprint density at radius 3 is 2.53 bits per heavy atom. The Morgan fingerprint density at radius 1 is 1.29 bits per heavy atom. The number of carbonyl (C=O) groups excluding carboxylic acids is 1. The zero-order chi connectivity index (χ0) is 12.7. The average molecular weight is 257 g/mol. The monoisotopic (exact) mass is 257 g/mol. The van der Waals surface area contributed by atoms with E-state index < -0.39 is 21.5 Å². The highest BCUT2D eigenvalue weighted by atomic mass is 32.2. The molecule has 0 spiro atoms. The SMILES string of the molecule is COCCNC(=O)CS(=O)(=O)c1ccccc1. The van der Waals surface area contributed by atoms with Gasteiger partial charge in [0, 0.05) is 13.7 Å². The predicted octanol–water partition coefficient (Wildman–Crippen LogP) is 0.223. The van der Waals surface area contributed by atoms with E-state index in [2.05, 4.69) is 5.32 Å². The van der Waals surface area contributed by atoms with Crippen molar-refractivity contribution in [1.29, 1.82) is 0 Å². The van der Waals surface area contributed by atoms with E-state index in [1.54, 1.807) is 18.2 Å². The molecule has 0 aromatic heterocycles. The first-order chi connectivity index (χ1) is 8.06. The highest BCUT2D eigenvalue weighted by molar-refractivity contribution is 7.92. The van der Waals surface area contributed by atoms with Crippen LogP contribution in [-0.2, 0) is 19.4 Å². The van der Waals surface area contributed by atoms with E-state index in [-0.39, 0.29) is 4.90 Å². The fourth-order valence-electron chi connectivity index (χ4n) is 1.23. The van der Waals surface area contributed by atoms with Gasteiger partial charge in [0.2, 0.25) is 5.91 Å². The molecule has 1 N–H and O–H groups in total. The van der Waals surface area contributed by atoms with Gasteiger partial charge in [0.1, 0.15) is 5.75 Å². The minimum absolute atomic E-state index is 0.155. The Bertz CT molecular complexity index is 456. The van der Waals surface area contributed by atoms with Crippen LogP contribution in [0.5, 0.6) is 0 Å². The van der Waals surface area contributed by atoms with Crippen LogP contribution in [0.25, 0.3) is 0 Å². The Balaban J connectivity index is 2.59. The molecule has 6 heteroatoms. The van der Waals surface area contributed by atoms with Crippen LogP contribution in [0.2, 0.25) is 0 Å². The van der Waals surface area contributed by atoms with Gasteiger partial charge in [-0.05, 0) is 12.1 Å².